The molecule has 162 valence electrons. The van der Waals surface area contributed by atoms with E-state index in [0.29, 0.717) is 31.2 Å². The van der Waals surface area contributed by atoms with E-state index in [1.807, 2.05) is 24.3 Å². The minimum absolute atomic E-state index is 0.0453. The number of hydrogen-bond acceptors (Lipinski definition) is 3. The predicted octanol–water partition coefficient (Wildman–Crippen LogP) is 4.94. The van der Waals surface area contributed by atoms with Crippen LogP contribution in [-0.2, 0) is 12.7 Å². The van der Waals surface area contributed by atoms with E-state index >= 15 is 0 Å². The third kappa shape index (κ3) is 4.69. The van der Waals surface area contributed by atoms with Gasteiger partial charge in [0.15, 0.2) is 0 Å². The van der Waals surface area contributed by atoms with Crippen LogP contribution in [-0.4, -0.2) is 42.1 Å². The predicted molar refractivity (Wildman–Crippen MR) is 114 cm³/mol. The monoisotopic (exact) mass is 448 g/mol. The number of pyridine rings is 1. The molecular weight excluding hydrogens is 429 g/mol. The minimum atomic E-state index is -4.45. The van der Waals surface area contributed by atoms with E-state index in [-0.39, 0.29) is 18.1 Å². The summed E-state index contributed by atoms with van der Waals surface area (Å²) in [6.07, 6.45) is -2.73. The van der Waals surface area contributed by atoms with Gasteiger partial charge in [-0.25, -0.2) is 4.79 Å². The largest absolute Gasteiger partial charge is 0.416 e. The number of hydrogen-bond donors (Lipinski definition) is 1. The van der Waals surface area contributed by atoms with Crippen molar-refractivity contribution in [1.29, 1.82) is 0 Å². The molecule has 1 N–H and O–H groups in total. The average molecular weight is 449 g/mol. The van der Waals surface area contributed by atoms with Gasteiger partial charge in [0.25, 0.3) is 0 Å². The van der Waals surface area contributed by atoms with Gasteiger partial charge in [0.1, 0.15) is 0 Å². The summed E-state index contributed by atoms with van der Waals surface area (Å²) >= 11 is 6.05. The second kappa shape index (κ2) is 8.63. The summed E-state index contributed by atoms with van der Waals surface area (Å²) in [7, 11) is 0. The summed E-state index contributed by atoms with van der Waals surface area (Å²) < 4.78 is 39.4. The van der Waals surface area contributed by atoms with Gasteiger partial charge in [-0.2, -0.15) is 13.2 Å². The molecule has 0 saturated carbocycles. The molecule has 0 spiro atoms. The number of piperazine rings is 1. The van der Waals surface area contributed by atoms with Gasteiger partial charge in [-0.3, -0.25) is 4.98 Å². The van der Waals surface area contributed by atoms with Crippen molar-refractivity contribution in [1.82, 2.24) is 15.2 Å². The molecule has 0 bridgehead atoms. The maximum Gasteiger partial charge on any atom is 0.416 e. The molecule has 0 aliphatic carbocycles. The molecule has 0 unspecified atom stereocenters. The van der Waals surface area contributed by atoms with E-state index in [0.717, 1.165) is 22.7 Å². The van der Waals surface area contributed by atoms with Crippen molar-refractivity contribution in [3.63, 3.8) is 0 Å². The summed E-state index contributed by atoms with van der Waals surface area (Å²) in [5, 5.41) is 4.21. The highest BCUT2D eigenvalue weighted by molar-refractivity contribution is 6.31. The summed E-state index contributed by atoms with van der Waals surface area (Å²) in [4.78, 5) is 20.7. The Kier molecular flexibility index (Phi) is 5.91. The molecule has 9 heteroatoms. The molecule has 2 aromatic carbocycles. The van der Waals surface area contributed by atoms with E-state index in [1.165, 1.54) is 18.2 Å². The Hall–Kier alpha value is -3.00. The van der Waals surface area contributed by atoms with Crippen LogP contribution in [0.15, 0.2) is 54.7 Å². The quantitative estimate of drug-likeness (QED) is 0.617. The highest BCUT2D eigenvalue weighted by Gasteiger charge is 2.33. The number of alkyl halides is 3. The number of rotatable bonds is 3. The van der Waals surface area contributed by atoms with Crippen LogP contribution in [0.2, 0.25) is 5.02 Å². The van der Waals surface area contributed by atoms with Crippen LogP contribution < -0.4 is 10.2 Å². The van der Waals surface area contributed by atoms with Crippen molar-refractivity contribution in [3.8, 4) is 0 Å². The third-order valence-electron chi connectivity index (χ3n) is 5.34. The van der Waals surface area contributed by atoms with E-state index in [2.05, 4.69) is 15.2 Å². The number of carbonyl (C=O) groups excluding carboxylic acids is 1. The first-order chi connectivity index (χ1) is 14.8. The molecule has 1 aromatic heterocycles. The van der Waals surface area contributed by atoms with E-state index in [4.69, 9.17) is 11.6 Å². The smallest absolute Gasteiger partial charge is 0.367 e. The van der Waals surface area contributed by atoms with Crippen LogP contribution in [0.25, 0.3) is 10.9 Å². The Balaban J connectivity index is 1.38. The number of nitrogens with zero attached hydrogens (tertiary/aromatic N) is 3. The van der Waals surface area contributed by atoms with Crippen molar-refractivity contribution in [2.45, 2.75) is 12.7 Å². The lowest BCUT2D eigenvalue weighted by Gasteiger charge is -2.36. The number of urea groups is 1. The molecule has 0 radical (unpaired) electrons. The van der Waals surface area contributed by atoms with Gasteiger partial charge < -0.3 is 15.1 Å². The average Bonchev–Trinajstić information content (AvgIpc) is 2.76. The van der Waals surface area contributed by atoms with Crippen LogP contribution in [0.1, 0.15) is 11.1 Å². The summed E-state index contributed by atoms with van der Waals surface area (Å²) in [5.41, 5.74) is 1.13. The molecule has 31 heavy (non-hydrogen) atoms. The summed E-state index contributed by atoms with van der Waals surface area (Å²) in [5.74, 6) is 0. The van der Waals surface area contributed by atoms with Gasteiger partial charge >= 0.3 is 12.2 Å². The molecule has 2 heterocycles. The zero-order valence-electron chi connectivity index (χ0n) is 16.5. The number of halogens is 4. The van der Waals surface area contributed by atoms with Crippen molar-refractivity contribution in [2.24, 2.45) is 0 Å². The second-order valence-corrected chi connectivity index (χ2v) is 7.72. The van der Waals surface area contributed by atoms with Gasteiger partial charge in [-0.1, -0.05) is 29.8 Å². The summed E-state index contributed by atoms with van der Waals surface area (Å²) in [6.45, 7) is 1.96. The molecule has 0 atom stereocenters. The fourth-order valence-electron chi connectivity index (χ4n) is 3.77. The van der Waals surface area contributed by atoms with Crippen LogP contribution in [0.3, 0.4) is 0 Å². The first-order valence-corrected chi connectivity index (χ1v) is 10.2. The van der Waals surface area contributed by atoms with Crippen molar-refractivity contribution in [3.05, 3.63) is 70.9 Å². The zero-order valence-corrected chi connectivity index (χ0v) is 17.2. The lowest BCUT2D eigenvalue weighted by Crippen LogP contribution is -2.51. The molecule has 1 saturated heterocycles. The SMILES string of the molecule is O=C(NCc1ccccc1C(F)(F)F)N1CCN(c2ccnc3cc(Cl)ccc23)CC1. The molecule has 1 aliphatic rings. The van der Waals surface area contributed by atoms with Gasteiger partial charge in [-0.05, 0) is 35.9 Å². The number of anilines is 1. The third-order valence-corrected chi connectivity index (χ3v) is 5.58. The molecule has 1 aliphatic heterocycles. The van der Waals surface area contributed by atoms with Crippen molar-refractivity contribution in [2.75, 3.05) is 31.1 Å². The standard InChI is InChI=1S/C22H20ClF3N4O/c23-16-5-6-17-19(13-16)27-8-7-20(17)29-9-11-30(12-10-29)21(31)28-14-15-3-1-2-4-18(15)22(24,25)26/h1-8,13H,9-12,14H2,(H,28,31). The maximum atomic E-state index is 13.1. The fraction of sp³-hybridized carbons (Fsp3) is 0.273. The van der Waals surface area contributed by atoms with Crippen molar-refractivity contribution >= 4 is 34.2 Å². The van der Waals surface area contributed by atoms with Crippen LogP contribution in [0.5, 0.6) is 0 Å². The number of fused-ring (bicyclic) bond motifs is 1. The van der Waals surface area contributed by atoms with E-state index in [9.17, 15) is 18.0 Å². The van der Waals surface area contributed by atoms with Gasteiger partial charge in [0.2, 0.25) is 0 Å². The normalized spacial score (nSPS) is 14.7. The number of benzene rings is 2. The first kappa shape index (κ1) is 21.2. The van der Waals surface area contributed by atoms with Gasteiger partial charge in [0, 0.05) is 55.0 Å². The maximum absolute atomic E-state index is 13.1. The van der Waals surface area contributed by atoms with Crippen LogP contribution >= 0.6 is 11.6 Å². The first-order valence-electron chi connectivity index (χ1n) is 9.80. The fourth-order valence-corrected chi connectivity index (χ4v) is 3.93. The Morgan fingerprint density at radius 1 is 1.06 bits per heavy atom. The molecular formula is C22H20ClF3N4O. The van der Waals surface area contributed by atoms with Crippen LogP contribution in [0.4, 0.5) is 23.7 Å². The molecule has 1 fully saturated rings. The van der Waals surface area contributed by atoms with Crippen LogP contribution in [0, 0.1) is 0 Å². The highest BCUT2D eigenvalue weighted by Crippen LogP contribution is 2.32. The Morgan fingerprint density at radius 3 is 2.55 bits per heavy atom. The van der Waals surface area contributed by atoms with E-state index < -0.39 is 11.7 Å². The Morgan fingerprint density at radius 2 is 1.81 bits per heavy atom. The van der Waals surface area contributed by atoms with Gasteiger partial charge in [0.05, 0.1) is 11.1 Å². The van der Waals surface area contributed by atoms with Gasteiger partial charge in [-0.15, -0.1) is 0 Å². The molecule has 2 amide bonds. The Labute approximate surface area is 182 Å². The lowest BCUT2D eigenvalue weighted by atomic mass is 10.1. The van der Waals surface area contributed by atoms with Crippen molar-refractivity contribution < 1.29 is 18.0 Å². The van der Waals surface area contributed by atoms with E-state index in [1.54, 1.807) is 11.1 Å². The number of amides is 2. The lowest BCUT2D eigenvalue weighted by molar-refractivity contribution is -0.138. The highest BCUT2D eigenvalue weighted by atomic mass is 35.5. The Bertz CT molecular complexity index is 1100. The molecule has 5 nitrogen and oxygen atoms in total. The summed E-state index contributed by atoms with van der Waals surface area (Å²) in [6, 6.07) is 12.4. The number of carbonyl (C=O) groups is 1. The molecule has 3 aromatic rings. The number of aromatic nitrogens is 1. The molecule has 4 rings (SSSR count). The second-order valence-electron chi connectivity index (χ2n) is 7.28. The topological polar surface area (TPSA) is 48.5 Å². The zero-order chi connectivity index (χ0) is 22.0. The number of nitrogens with one attached hydrogen (secondary N) is 1. The minimum Gasteiger partial charge on any atom is -0.367 e.